The predicted molar refractivity (Wildman–Crippen MR) is 105 cm³/mol. The van der Waals surface area contributed by atoms with Gasteiger partial charge in [0.2, 0.25) is 0 Å². The third-order valence-electron chi connectivity index (χ3n) is 5.15. The van der Waals surface area contributed by atoms with Gasteiger partial charge < -0.3 is 20.3 Å². The molecule has 0 aliphatic carbocycles. The number of nitrogens with zero attached hydrogens (tertiary/aromatic N) is 1. The summed E-state index contributed by atoms with van der Waals surface area (Å²) in [6, 6.07) is 7.94. The average Bonchev–Trinajstić information content (AvgIpc) is 3.15. The maximum absolute atomic E-state index is 12.6. The van der Waals surface area contributed by atoms with Gasteiger partial charge in [-0.25, -0.2) is 4.79 Å². The van der Waals surface area contributed by atoms with Gasteiger partial charge in [-0.2, -0.15) is 0 Å². The minimum absolute atomic E-state index is 0.0289. The summed E-state index contributed by atoms with van der Waals surface area (Å²) >= 11 is 0. The summed E-state index contributed by atoms with van der Waals surface area (Å²) in [5.74, 6) is 0.357. The molecular formula is C21H31N3O3. The molecule has 2 fully saturated rings. The minimum atomic E-state index is -0.239. The number of ether oxygens (including phenoxy) is 1. The van der Waals surface area contributed by atoms with Gasteiger partial charge in [0.25, 0.3) is 5.91 Å². The number of carbonyl (C=O) groups excluding carboxylic acids is 2. The van der Waals surface area contributed by atoms with Crippen molar-refractivity contribution in [1.29, 1.82) is 0 Å². The molecule has 2 aliphatic heterocycles. The Morgan fingerprint density at radius 3 is 2.52 bits per heavy atom. The Morgan fingerprint density at radius 2 is 1.89 bits per heavy atom. The summed E-state index contributed by atoms with van der Waals surface area (Å²) in [5, 5.41) is 6.12. The molecule has 1 unspecified atom stereocenters. The van der Waals surface area contributed by atoms with Gasteiger partial charge in [-0.05, 0) is 57.7 Å². The van der Waals surface area contributed by atoms with Gasteiger partial charge in [-0.15, -0.1) is 0 Å². The standard InChI is InChI=1S/C21H31N3O3/c1-21(2,3)23-20(26)24-10-7-18(8-11-24)22-19(25)16-6-4-5-15(13-16)17-9-12-27-14-17/h4-6,13,17-18H,7-12,14H2,1-3H3,(H,22,25)(H,23,26). The lowest BCUT2D eigenvalue weighted by Gasteiger charge is -2.34. The number of amides is 3. The third kappa shape index (κ3) is 5.45. The number of carbonyl (C=O) groups is 2. The zero-order valence-corrected chi connectivity index (χ0v) is 16.6. The van der Waals surface area contributed by atoms with Gasteiger partial charge in [0.1, 0.15) is 0 Å². The number of hydrogen-bond acceptors (Lipinski definition) is 3. The molecule has 0 spiro atoms. The van der Waals surface area contributed by atoms with Crippen molar-refractivity contribution in [3.63, 3.8) is 0 Å². The fraction of sp³-hybridized carbons (Fsp3) is 0.619. The van der Waals surface area contributed by atoms with Gasteiger partial charge in [-0.3, -0.25) is 4.79 Å². The second-order valence-electron chi connectivity index (χ2n) is 8.60. The fourth-order valence-corrected chi connectivity index (χ4v) is 3.63. The monoisotopic (exact) mass is 373 g/mol. The molecule has 27 heavy (non-hydrogen) atoms. The summed E-state index contributed by atoms with van der Waals surface area (Å²) < 4.78 is 5.45. The van der Waals surface area contributed by atoms with Crippen LogP contribution in [0.4, 0.5) is 4.79 Å². The Balaban J connectivity index is 1.51. The maximum Gasteiger partial charge on any atom is 0.317 e. The van der Waals surface area contributed by atoms with Crippen LogP contribution in [0.25, 0.3) is 0 Å². The number of piperidine rings is 1. The van der Waals surface area contributed by atoms with Gasteiger partial charge in [0.15, 0.2) is 0 Å². The smallest absolute Gasteiger partial charge is 0.317 e. The molecule has 2 saturated heterocycles. The van der Waals surface area contributed by atoms with Crippen molar-refractivity contribution >= 4 is 11.9 Å². The van der Waals surface area contributed by atoms with Crippen LogP contribution >= 0.6 is 0 Å². The van der Waals surface area contributed by atoms with E-state index in [1.54, 1.807) is 0 Å². The zero-order valence-electron chi connectivity index (χ0n) is 16.6. The number of hydrogen-bond donors (Lipinski definition) is 2. The lowest BCUT2D eigenvalue weighted by molar-refractivity contribution is 0.0917. The molecule has 2 aliphatic rings. The highest BCUT2D eigenvalue weighted by molar-refractivity contribution is 5.94. The van der Waals surface area contributed by atoms with E-state index in [0.717, 1.165) is 32.5 Å². The second kappa shape index (κ2) is 8.30. The van der Waals surface area contributed by atoms with E-state index in [9.17, 15) is 9.59 Å². The van der Waals surface area contributed by atoms with Crippen LogP contribution in [0.1, 0.15) is 61.9 Å². The summed E-state index contributed by atoms with van der Waals surface area (Å²) in [5.41, 5.74) is 1.64. The van der Waals surface area contributed by atoms with Crippen molar-refractivity contribution in [3.8, 4) is 0 Å². The molecule has 2 N–H and O–H groups in total. The van der Waals surface area contributed by atoms with Gasteiger partial charge in [0.05, 0.1) is 6.61 Å². The van der Waals surface area contributed by atoms with Crippen LogP contribution in [0, 0.1) is 0 Å². The first-order valence-corrected chi connectivity index (χ1v) is 9.87. The zero-order chi connectivity index (χ0) is 19.4. The Kier molecular flexibility index (Phi) is 6.05. The number of rotatable bonds is 3. The Bertz CT molecular complexity index is 669. The molecule has 0 bridgehead atoms. The van der Waals surface area contributed by atoms with Crippen LogP contribution in [-0.4, -0.2) is 54.7 Å². The van der Waals surface area contributed by atoms with Crippen molar-refractivity contribution in [1.82, 2.24) is 15.5 Å². The first-order valence-electron chi connectivity index (χ1n) is 9.87. The molecule has 6 heteroatoms. The van der Waals surface area contributed by atoms with E-state index in [1.807, 2.05) is 43.9 Å². The van der Waals surface area contributed by atoms with E-state index in [-0.39, 0.29) is 23.5 Å². The third-order valence-corrected chi connectivity index (χ3v) is 5.15. The molecule has 0 saturated carbocycles. The highest BCUT2D eigenvalue weighted by Gasteiger charge is 2.26. The Labute approximate surface area is 161 Å². The number of urea groups is 1. The molecule has 0 aromatic heterocycles. The molecule has 1 aromatic carbocycles. The molecule has 0 radical (unpaired) electrons. The van der Waals surface area contributed by atoms with Crippen LogP contribution in [0.3, 0.4) is 0 Å². The average molecular weight is 373 g/mol. The molecule has 3 amide bonds. The van der Waals surface area contributed by atoms with Gasteiger partial charge in [-0.1, -0.05) is 12.1 Å². The minimum Gasteiger partial charge on any atom is -0.381 e. The lowest BCUT2D eigenvalue weighted by atomic mass is 9.96. The van der Waals surface area contributed by atoms with Crippen molar-refractivity contribution in [3.05, 3.63) is 35.4 Å². The molecule has 1 aromatic rings. The van der Waals surface area contributed by atoms with Gasteiger partial charge >= 0.3 is 6.03 Å². The molecule has 2 heterocycles. The fourth-order valence-electron chi connectivity index (χ4n) is 3.63. The quantitative estimate of drug-likeness (QED) is 0.856. The summed E-state index contributed by atoms with van der Waals surface area (Å²) in [6.45, 7) is 8.78. The number of likely N-dealkylation sites (tertiary alicyclic amines) is 1. The van der Waals surface area contributed by atoms with E-state index in [4.69, 9.17) is 4.74 Å². The van der Waals surface area contributed by atoms with Crippen molar-refractivity contribution in [2.75, 3.05) is 26.3 Å². The Morgan fingerprint density at radius 1 is 1.15 bits per heavy atom. The summed E-state index contributed by atoms with van der Waals surface area (Å²) in [7, 11) is 0. The van der Waals surface area contributed by atoms with Crippen molar-refractivity contribution in [2.24, 2.45) is 0 Å². The molecule has 1 atom stereocenters. The van der Waals surface area contributed by atoms with Crippen LogP contribution in [0.5, 0.6) is 0 Å². The van der Waals surface area contributed by atoms with E-state index in [2.05, 4.69) is 16.7 Å². The lowest BCUT2D eigenvalue weighted by Crippen LogP contribution is -2.53. The van der Waals surface area contributed by atoms with E-state index in [0.29, 0.717) is 24.6 Å². The van der Waals surface area contributed by atoms with Crippen LogP contribution < -0.4 is 10.6 Å². The topological polar surface area (TPSA) is 70.7 Å². The molecule has 3 rings (SSSR count). The summed E-state index contributed by atoms with van der Waals surface area (Å²) in [4.78, 5) is 26.7. The first-order chi connectivity index (χ1) is 12.8. The Hall–Kier alpha value is -2.08. The number of nitrogens with one attached hydrogen (secondary N) is 2. The molecule has 148 valence electrons. The highest BCUT2D eigenvalue weighted by Crippen LogP contribution is 2.25. The second-order valence-corrected chi connectivity index (χ2v) is 8.60. The van der Waals surface area contributed by atoms with Crippen LogP contribution in [0.2, 0.25) is 0 Å². The van der Waals surface area contributed by atoms with E-state index in [1.165, 1.54) is 5.56 Å². The highest BCUT2D eigenvalue weighted by atomic mass is 16.5. The van der Waals surface area contributed by atoms with E-state index < -0.39 is 0 Å². The van der Waals surface area contributed by atoms with E-state index >= 15 is 0 Å². The largest absolute Gasteiger partial charge is 0.381 e. The predicted octanol–water partition coefficient (Wildman–Crippen LogP) is 2.89. The normalized spacial score (nSPS) is 21.1. The molecule has 6 nitrogen and oxygen atoms in total. The van der Waals surface area contributed by atoms with Crippen molar-refractivity contribution < 1.29 is 14.3 Å². The molecular weight excluding hydrogens is 342 g/mol. The number of benzene rings is 1. The first kappa shape index (κ1) is 19.7. The maximum atomic E-state index is 12.6. The SMILES string of the molecule is CC(C)(C)NC(=O)N1CCC(NC(=O)c2cccc(C3CCOC3)c2)CC1. The van der Waals surface area contributed by atoms with Crippen LogP contribution in [-0.2, 0) is 4.74 Å². The van der Waals surface area contributed by atoms with Gasteiger partial charge in [0, 0.05) is 42.8 Å². The summed E-state index contributed by atoms with van der Waals surface area (Å²) in [6.07, 6.45) is 2.57. The van der Waals surface area contributed by atoms with Crippen LogP contribution in [0.15, 0.2) is 24.3 Å². The van der Waals surface area contributed by atoms with Crippen molar-refractivity contribution in [2.45, 2.75) is 57.5 Å².